The molecular weight excluding hydrogens is 1080 g/mol. The third-order valence-corrected chi connectivity index (χ3v) is 18.8. The molecule has 0 aliphatic carbocycles. The lowest BCUT2D eigenvalue weighted by Crippen LogP contribution is -2.48. The Bertz CT molecular complexity index is 2610. The van der Waals surface area contributed by atoms with Crippen LogP contribution in [-0.2, 0) is 32.9 Å². The highest BCUT2D eigenvalue weighted by molar-refractivity contribution is 9.10. The third kappa shape index (κ3) is 11.4. The van der Waals surface area contributed by atoms with Gasteiger partial charge in [0.15, 0.2) is 10.3 Å². The number of anilines is 2. The molecular formula is C42H40Br2Cl4N6O4S4. The van der Waals surface area contributed by atoms with Crippen molar-refractivity contribution in [3.8, 4) is 0 Å². The third-order valence-electron chi connectivity index (χ3n) is 10.4. The van der Waals surface area contributed by atoms with E-state index in [0.29, 0.717) is 68.8 Å². The lowest BCUT2D eigenvalue weighted by Gasteiger charge is -2.34. The van der Waals surface area contributed by atoms with E-state index in [-0.39, 0.29) is 19.8 Å². The maximum Gasteiger partial charge on any atom is 0.244 e. The number of rotatable bonds is 10. The lowest BCUT2D eigenvalue weighted by atomic mass is 10.0. The van der Waals surface area contributed by atoms with E-state index >= 15 is 0 Å². The standard InChI is InChI=1S/C22H23BrClN3O2S2.C20H17BrCl3N3O2S2/c1-15-3-4-17(11-16(15)2)12-19-14-30-22(25-19)26-7-9-27(10-8-26)31(28,29)21-6-5-18(23)13-20(21)24;21-14-2-4-19(18(24)11-14)31(28,29)27-7-5-26(6-8-27)20-25-15(12-30-20)9-13-1-3-16(22)17(23)10-13/h3-6,11,13-14H,7-10,12H2,1-2H3;1-4,10-12H,5-9H2. The van der Waals surface area contributed by atoms with Gasteiger partial charge >= 0.3 is 0 Å². The number of nitrogens with zero attached hydrogens (tertiary/aromatic N) is 6. The molecule has 328 valence electrons. The number of thiazole rings is 2. The predicted octanol–water partition coefficient (Wildman–Crippen LogP) is 11.2. The zero-order valence-electron chi connectivity index (χ0n) is 33.4. The summed E-state index contributed by atoms with van der Waals surface area (Å²) in [7, 11) is -7.27. The van der Waals surface area contributed by atoms with Gasteiger partial charge in [-0.05, 0) is 84.6 Å². The average molecular weight is 1120 g/mol. The number of sulfonamides is 2. The fourth-order valence-electron chi connectivity index (χ4n) is 6.91. The van der Waals surface area contributed by atoms with Gasteiger partial charge in [-0.25, -0.2) is 26.8 Å². The quantitative estimate of drug-likeness (QED) is 0.134. The molecule has 62 heavy (non-hydrogen) atoms. The zero-order chi connectivity index (χ0) is 44.3. The van der Waals surface area contributed by atoms with Gasteiger partial charge in [-0.3, -0.25) is 0 Å². The number of halogens is 6. The Morgan fingerprint density at radius 2 is 0.968 bits per heavy atom. The summed E-state index contributed by atoms with van der Waals surface area (Å²) in [6.45, 7) is 8.12. The molecule has 0 saturated carbocycles. The molecule has 20 heteroatoms. The van der Waals surface area contributed by atoms with Gasteiger partial charge in [-0.15, -0.1) is 22.7 Å². The first-order valence-electron chi connectivity index (χ1n) is 19.3. The van der Waals surface area contributed by atoms with Crippen LogP contribution >= 0.6 is 101 Å². The fraction of sp³-hybridized carbons (Fsp3) is 0.286. The van der Waals surface area contributed by atoms with Crippen LogP contribution in [0.2, 0.25) is 20.1 Å². The summed E-state index contributed by atoms with van der Waals surface area (Å²) in [6, 6.07) is 21.7. The number of hydrogen-bond acceptors (Lipinski definition) is 10. The fourth-order valence-corrected chi connectivity index (χ4v) is 13.9. The first kappa shape index (κ1) is 47.6. The Morgan fingerprint density at radius 3 is 1.39 bits per heavy atom. The van der Waals surface area contributed by atoms with E-state index in [0.717, 1.165) is 42.6 Å². The summed E-state index contributed by atoms with van der Waals surface area (Å²) >= 11 is 34.2. The minimum Gasteiger partial charge on any atom is -0.345 e. The van der Waals surface area contributed by atoms with Gasteiger partial charge in [0, 0.05) is 84.9 Å². The van der Waals surface area contributed by atoms with E-state index in [1.807, 2.05) is 17.5 Å². The molecule has 0 bridgehead atoms. The topological polar surface area (TPSA) is 107 Å². The number of aromatic nitrogens is 2. The van der Waals surface area contributed by atoms with E-state index in [4.69, 9.17) is 56.4 Å². The summed E-state index contributed by atoms with van der Waals surface area (Å²) in [5.74, 6) is 0. The second kappa shape index (κ2) is 20.5. The van der Waals surface area contributed by atoms with E-state index in [2.05, 4.69) is 79.1 Å². The number of piperazine rings is 2. The zero-order valence-corrected chi connectivity index (χ0v) is 42.8. The summed E-state index contributed by atoms with van der Waals surface area (Å²) in [4.78, 5) is 14.1. The van der Waals surface area contributed by atoms with E-state index in [1.54, 1.807) is 59.1 Å². The van der Waals surface area contributed by atoms with Crippen molar-refractivity contribution in [2.75, 3.05) is 62.2 Å². The normalized spacial score (nSPS) is 15.4. The van der Waals surface area contributed by atoms with Crippen molar-refractivity contribution >= 4 is 131 Å². The molecule has 4 aromatic carbocycles. The minimum atomic E-state index is -3.64. The predicted molar refractivity (Wildman–Crippen MR) is 262 cm³/mol. The van der Waals surface area contributed by atoms with Crippen molar-refractivity contribution in [3.05, 3.63) is 146 Å². The van der Waals surface area contributed by atoms with Crippen molar-refractivity contribution in [2.24, 2.45) is 0 Å². The van der Waals surface area contributed by atoms with Crippen molar-refractivity contribution < 1.29 is 16.8 Å². The number of hydrogen-bond donors (Lipinski definition) is 0. The van der Waals surface area contributed by atoms with Gasteiger partial charge in [0.25, 0.3) is 0 Å². The maximum absolute atomic E-state index is 13.0. The van der Waals surface area contributed by atoms with Crippen molar-refractivity contribution in [2.45, 2.75) is 36.5 Å². The van der Waals surface area contributed by atoms with Crippen molar-refractivity contribution in [1.29, 1.82) is 0 Å². The highest BCUT2D eigenvalue weighted by Crippen LogP contribution is 2.32. The second-order valence-electron chi connectivity index (χ2n) is 14.7. The molecule has 2 aliphatic heterocycles. The van der Waals surface area contributed by atoms with Crippen LogP contribution in [0.15, 0.2) is 102 Å². The van der Waals surface area contributed by atoms with Gasteiger partial charge in [0.05, 0.1) is 31.5 Å². The largest absolute Gasteiger partial charge is 0.345 e. The molecule has 0 spiro atoms. The lowest BCUT2D eigenvalue weighted by molar-refractivity contribution is 0.384. The van der Waals surface area contributed by atoms with Gasteiger partial charge in [0.2, 0.25) is 20.0 Å². The molecule has 0 radical (unpaired) electrons. The van der Waals surface area contributed by atoms with Crippen LogP contribution < -0.4 is 9.80 Å². The molecule has 8 rings (SSSR count). The first-order valence-corrected chi connectivity index (χ1v) is 27.0. The average Bonchev–Trinajstić information content (AvgIpc) is 3.91. The molecule has 2 fully saturated rings. The molecule has 2 saturated heterocycles. The van der Waals surface area contributed by atoms with Gasteiger partial charge < -0.3 is 9.80 Å². The van der Waals surface area contributed by atoms with E-state index in [9.17, 15) is 16.8 Å². The maximum atomic E-state index is 13.0. The monoisotopic (exact) mass is 1120 g/mol. The summed E-state index contributed by atoms with van der Waals surface area (Å²) < 4.78 is 56.5. The van der Waals surface area contributed by atoms with Crippen LogP contribution in [0.1, 0.15) is 33.6 Å². The van der Waals surface area contributed by atoms with Gasteiger partial charge in [0.1, 0.15) is 9.79 Å². The molecule has 0 amide bonds. The van der Waals surface area contributed by atoms with Gasteiger partial charge in [-0.2, -0.15) is 8.61 Å². The summed E-state index contributed by atoms with van der Waals surface area (Å²) in [5.41, 5.74) is 6.85. The molecule has 10 nitrogen and oxygen atoms in total. The molecule has 0 atom stereocenters. The Kier molecular flexibility index (Phi) is 15.7. The smallest absolute Gasteiger partial charge is 0.244 e. The van der Waals surface area contributed by atoms with Crippen LogP contribution in [-0.4, -0.2) is 87.8 Å². The van der Waals surface area contributed by atoms with E-state index < -0.39 is 20.0 Å². The highest BCUT2D eigenvalue weighted by atomic mass is 79.9. The number of benzene rings is 4. The molecule has 4 heterocycles. The highest BCUT2D eigenvalue weighted by Gasteiger charge is 2.32. The number of aryl methyl sites for hydroxylation is 2. The molecule has 0 unspecified atom stereocenters. The SMILES string of the molecule is Cc1ccc(Cc2csc(N3CCN(S(=O)(=O)c4ccc(Br)cc4Cl)CC3)n2)cc1C.O=S(=O)(c1ccc(Br)cc1Cl)N1CCN(c2nc(Cc3ccc(Cl)c(Cl)c3)cs2)CC1. The second-order valence-corrected chi connectivity index (χ2v) is 23.6. The summed E-state index contributed by atoms with van der Waals surface area (Å²) in [5, 5.41) is 7.43. The summed E-state index contributed by atoms with van der Waals surface area (Å²) in [6.07, 6.45) is 1.46. The Morgan fingerprint density at radius 1 is 0.532 bits per heavy atom. The van der Waals surface area contributed by atoms with Crippen molar-refractivity contribution in [1.82, 2.24) is 18.6 Å². The van der Waals surface area contributed by atoms with Gasteiger partial charge in [-0.1, -0.05) is 103 Å². The van der Waals surface area contributed by atoms with Crippen LogP contribution in [0.4, 0.5) is 10.3 Å². The van der Waals surface area contributed by atoms with Crippen LogP contribution in [0.3, 0.4) is 0 Å². The molecule has 6 aromatic rings. The molecule has 0 N–H and O–H groups in total. The van der Waals surface area contributed by atoms with Crippen molar-refractivity contribution in [3.63, 3.8) is 0 Å². The van der Waals surface area contributed by atoms with Crippen LogP contribution in [0.5, 0.6) is 0 Å². The Labute approximate surface area is 407 Å². The van der Waals surface area contributed by atoms with E-state index in [1.165, 1.54) is 31.4 Å². The first-order chi connectivity index (χ1) is 29.5. The Balaban J connectivity index is 0.000000186. The Hall–Kier alpha value is -2.32. The van der Waals surface area contributed by atoms with Crippen LogP contribution in [0, 0.1) is 13.8 Å². The molecule has 2 aromatic heterocycles. The minimum absolute atomic E-state index is 0.129. The molecule has 2 aliphatic rings. The van der Waals surface area contributed by atoms with Crippen LogP contribution in [0.25, 0.3) is 0 Å².